The highest BCUT2D eigenvalue weighted by Gasteiger charge is 2.25. The lowest BCUT2D eigenvalue weighted by Gasteiger charge is -2.28. The Morgan fingerprint density at radius 1 is 1.14 bits per heavy atom. The van der Waals surface area contributed by atoms with Crippen LogP contribution in [0.15, 0.2) is 68.7 Å². The first-order chi connectivity index (χ1) is 17.7. The van der Waals surface area contributed by atoms with Crippen molar-refractivity contribution >= 4 is 26.9 Å². The van der Waals surface area contributed by atoms with E-state index in [1.54, 1.807) is 6.92 Å². The third-order valence-electron chi connectivity index (χ3n) is 6.18. The predicted molar refractivity (Wildman–Crippen MR) is 134 cm³/mol. The number of rotatable bonds is 6. The van der Waals surface area contributed by atoms with Crippen molar-refractivity contribution < 1.29 is 21.6 Å². The number of sulfonamides is 1. The highest BCUT2D eigenvalue weighted by atomic mass is 32.2. The van der Waals surface area contributed by atoms with Crippen molar-refractivity contribution in [3.8, 4) is 11.8 Å². The molecule has 1 aliphatic rings. The molecule has 190 valence electrons. The molecule has 1 atom stereocenters. The third kappa shape index (κ3) is 4.98. The van der Waals surface area contributed by atoms with Crippen molar-refractivity contribution in [3.05, 3.63) is 88.0 Å². The zero-order valence-corrected chi connectivity index (χ0v) is 20.6. The van der Waals surface area contributed by atoms with Crippen molar-refractivity contribution in [2.24, 2.45) is 0 Å². The maximum Gasteiger partial charge on any atom is 0.420 e. The van der Waals surface area contributed by atoms with E-state index in [-0.39, 0.29) is 16.9 Å². The molecule has 0 spiro atoms. The fraction of sp³-hybridized carbons (Fsp3) is 0.231. The summed E-state index contributed by atoms with van der Waals surface area (Å²) >= 11 is 0. The summed E-state index contributed by atoms with van der Waals surface area (Å²) in [6.45, 7) is 4.46. The summed E-state index contributed by atoms with van der Waals surface area (Å²) in [5, 5.41) is 0. The molecule has 11 heteroatoms. The number of fused-ring (bicyclic) bond motifs is 1. The lowest BCUT2D eigenvalue weighted by Crippen LogP contribution is -2.37. The first kappa shape index (κ1) is 24.7. The first-order valence-corrected chi connectivity index (χ1v) is 13.0. The number of anilines is 1. The van der Waals surface area contributed by atoms with Gasteiger partial charge in [-0.15, -0.1) is 0 Å². The average Bonchev–Trinajstić information content (AvgIpc) is 3.14. The topological polar surface area (TPSA) is 97.4 Å². The van der Waals surface area contributed by atoms with Gasteiger partial charge >= 0.3 is 5.76 Å². The molecule has 0 aliphatic carbocycles. The Bertz CT molecular complexity index is 1720. The van der Waals surface area contributed by atoms with Crippen LogP contribution in [0, 0.1) is 23.6 Å². The molecular weight excluding hydrogens is 502 g/mol. The maximum atomic E-state index is 15.1. The Morgan fingerprint density at radius 2 is 1.92 bits per heavy atom. The molecule has 0 radical (unpaired) electrons. The van der Waals surface area contributed by atoms with Gasteiger partial charge in [0.1, 0.15) is 16.5 Å². The Balaban J connectivity index is 1.50. The van der Waals surface area contributed by atoms with Gasteiger partial charge in [0.25, 0.3) is 10.0 Å². The molecule has 1 N–H and O–H groups in total. The molecule has 37 heavy (non-hydrogen) atoms. The van der Waals surface area contributed by atoms with E-state index in [2.05, 4.69) is 21.7 Å². The van der Waals surface area contributed by atoms with Gasteiger partial charge in [0.2, 0.25) is 5.95 Å². The Kier molecular flexibility index (Phi) is 6.54. The van der Waals surface area contributed by atoms with Gasteiger partial charge in [0.15, 0.2) is 5.58 Å². The van der Waals surface area contributed by atoms with Crippen molar-refractivity contribution in [3.63, 3.8) is 0 Å². The molecule has 8 nitrogen and oxygen atoms in total. The van der Waals surface area contributed by atoms with Gasteiger partial charge in [-0.3, -0.25) is 14.2 Å². The number of aromatic nitrogens is 2. The van der Waals surface area contributed by atoms with Crippen LogP contribution in [0.25, 0.3) is 11.1 Å². The number of nitrogens with zero attached hydrogens (tertiary/aromatic N) is 3. The minimum atomic E-state index is -4.50. The van der Waals surface area contributed by atoms with Gasteiger partial charge in [-0.1, -0.05) is 36.1 Å². The van der Waals surface area contributed by atoms with E-state index in [0.29, 0.717) is 6.54 Å². The quantitative estimate of drug-likeness (QED) is 0.305. The van der Waals surface area contributed by atoms with E-state index in [4.69, 9.17) is 4.42 Å². The second-order valence-corrected chi connectivity index (χ2v) is 10.3. The van der Waals surface area contributed by atoms with Crippen LogP contribution in [-0.4, -0.2) is 42.5 Å². The predicted octanol–water partition coefficient (Wildman–Crippen LogP) is 3.74. The lowest BCUT2D eigenvalue weighted by molar-refractivity contribution is 0.207. The summed E-state index contributed by atoms with van der Waals surface area (Å²) in [5.41, 5.74) is 1.43. The molecule has 0 amide bonds. The second-order valence-electron chi connectivity index (χ2n) is 8.63. The van der Waals surface area contributed by atoms with Gasteiger partial charge in [0.05, 0.1) is 18.1 Å². The average molecular weight is 525 g/mol. The van der Waals surface area contributed by atoms with Gasteiger partial charge in [-0.05, 0) is 37.1 Å². The first-order valence-electron chi connectivity index (χ1n) is 11.5. The lowest BCUT2D eigenvalue weighted by atomic mass is 10.0. The minimum Gasteiger partial charge on any atom is -0.408 e. The van der Waals surface area contributed by atoms with Crippen LogP contribution in [0.5, 0.6) is 0 Å². The van der Waals surface area contributed by atoms with Crippen LogP contribution in [0.1, 0.15) is 30.5 Å². The van der Waals surface area contributed by atoms with Crippen LogP contribution in [0.3, 0.4) is 0 Å². The highest BCUT2D eigenvalue weighted by molar-refractivity contribution is 7.92. The van der Waals surface area contributed by atoms with E-state index >= 15 is 4.39 Å². The van der Waals surface area contributed by atoms with Crippen LogP contribution in [0.2, 0.25) is 0 Å². The molecule has 4 aromatic rings. The van der Waals surface area contributed by atoms with Crippen LogP contribution in [-0.2, 0) is 10.0 Å². The molecule has 0 unspecified atom stereocenters. The molecule has 2 aromatic carbocycles. The zero-order chi connectivity index (χ0) is 26.2. The Hall–Kier alpha value is -4.01. The van der Waals surface area contributed by atoms with Crippen molar-refractivity contribution in [2.75, 3.05) is 24.4 Å². The van der Waals surface area contributed by atoms with Crippen molar-refractivity contribution in [1.82, 2.24) is 14.5 Å². The maximum absolute atomic E-state index is 15.1. The van der Waals surface area contributed by atoms with E-state index in [1.807, 2.05) is 29.0 Å². The number of halogens is 2. The highest BCUT2D eigenvalue weighted by Crippen LogP contribution is 2.28. The Labute approximate surface area is 211 Å². The fourth-order valence-corrected chi connectivity index (χ4v) is 5.24. The standard InChI is InChI=1S/C26H22F2N4O4S/c1-17(19-9-3-2-7-18(19)8-5-12-31-13-6-14-31)32-21-15-20(27)23(16-22(21)36-26(32)33)37(34,35)30-25-11-4-10-24(28)29-25/h2-4,7,9-11,15-17H,6,12-14H2,1H3,(H,29,30)/t17-/m1/s1. The fourth-order valence-electron chi connectivity index (χ4n) is 4.17. The van der Waals surface area contributed by atoms with Crippen LogP contribution >= 0.6 is 0 Å². The summed E-state index contributed by atoms with van der Waals surface area (Å²) in [6.07, 6.45) is 1.17. The molecule has 2 aromatic heterocycles. The minimum absolute atomic E-state index is 0.0844. The van der Waals surface area contributed by atoms with Crippen LogP contribution < -0.4 is 10.5 Å². The normalized spacial score (nSPS) is 14.6. The van der Waals surface area contributed by atoms with Gasteiger partial charge < -0.3 is 4.42 Å². The van der Waals surface area contributed by atoms with E-state index in [1.165, 1.54) is 23.1 Å². The van der Waals surface area contributed by atoms with Gasteiger partial charge in [0, 0.05) is 30.8 Å². The van der Waals surface area contributed by atoms with Crippen LogP contribution in [0.4, 0.5) is 14.6 Å². The summed E-state index contributed by atoms with van der Waals surface area (Å²) in [7, 11) is -4.50. The largest absolute Gasteiger partial charge is 0.420 e. The molecular formula is C26H22F2N4O4S. The van der Waals surface area contributed by atoms with E-state index in [0.717, 1.165) is 42.4 Å². The van der Waals surface area contributed by atoms with E-state index in [9.17, 15) is 17.6 Å². The molecule has 1 saturated heterocycles. The number of likely N-dealkylation sites (tertiary alicyclic amines) is 1. The van der Waals surface area contributed by atoms with E-state index < -0.39 is 38.5 Å². The number of pyridine rings is 1. The molecule has 5 rings (SSSR count). The number of benzene rings is 2. The van der Waals surface area contributed by atoms with Gasteiger partial charge in [-0.2, -0.15) is 4.39 Å². The number of nitrogens with one attached hydrogen (secondary N) is 1. The summed E-state index contributed by atoms with van der Waals surface area (Å²) in [6, 6.07) is 12.1. The summed E-state index contributed by atoms with van der Waals surface area (Å²) < 4.78 is 62.6. The number of oxazole rings is 1. The van der Waals surface area contributed by atoms with Crippen molar-refractivity contribution in [2.45, 2.75) is 24.3 Å². The smallest absolute Gasteiger partial charge is 0.408 e. The second kappa shape index (κ2) is 9.80. The van der Waals surface area contributed by atoms with Crippen molar-refractivity contribution in [1.29, 1.82) is 0 Å². The zero-order valence-electron chi connectivity index (χ0n) is 19.7. The van der Waals surface area contributed by atoms with Gasteiger partial charge in [-0.25, -0.2) is 22.6 Å². The summed E-state index contributed by atoms with van der Waals surface area (Å²) in [4.78, 5) is 17.7. The molecule has 0 bridgehead atoms. The summed E-state index contributed by atoms with van der Waals surface area (Å²) in [5.74, 6) is 3.20. The Morgan fingerprint density at radius 3 is 2.65 bits per heavy atom. The number of hydrogen-bond acceptors (Lipinski definition) is 6. The SMILES string of the molecule is C[C@H](c1ccccc1C#CCN1CCC1)n1c(=O)oc2cc(S(=O)(=O)Nc3cccc(F)n3)c(F)cc21. The molecule has 3 heterocycles. The molecule has 0 saturated carbocycles. The monoisotopic (exact) mass is 524 g/mol. The third-order valence-corrected chi connectivity index (χ3v) is 7.55. The number of hydrogen-bond donors (Lipinski definition) is 1. The molecule has 1 fully saturated rings. The molecule has 1 aliphatic heterocycles.